The number of carbonyl (C=O) groups excluding carboxylic acids is 1. The monoisotopic (exact) mass is 469 g/mol. The van der Waals surface area contributed by atoms with Crippen LogP contribution < -0.4 is 9.62 Å². The highest BCUT2D eigenvalue weighted by Crippen LogP contribution is 2.36. The van der Waals surface area contributed by atoms with Gasteiger partial charge in [0.2, 0.25) is 10.0 Å². The van der Waals surface area contributed by atoms with Crippen LogP contribution in [0.1, 0.15) is 21.8 Å². The van der Waals surface area contributed by atoms with E-state index in [1.165, 1.54) is 45.2 Å². The Morgan fingerprint density at radius 3 is 2.72 bits per heavy atom. The molecule has 4 rings (SSSR count). The molecule has 3 heterocycles. The van der Waals surface area contributed by atoms with Crippen molar-refractivity contribution in [2.75, 3.05) is 21.9 Å². The highest BCUT2D eigenvalue weighted by Gasteiger charge is 2.29. The lowest BCUT2D eigenvalue weighted by atomic mass is 10.2. The predicted octanol–water partition coefficient (Wildman–Crippen LogP) is 4.33. The molecule has 0 aliphatic carbocycles. The van der Waals surface area contributed by atoms with Gasteiger partial charge in [-0.1, -0.05) is 11.6 Å². The molecule has 1 amide bonds. The van der Waals surface area contributed by atoms with E-state index in [0.29, 0.717) is 38.6 Å². The van der Waals surface area contributed by atoms with E-state index >= 15 is 0 Å². The summed E-state index contributed by atoms with van der Waals surface area (Å²) in [5, 5.41) is 13.5. The van der Waals surface area contributed by atoms with Crippen molar-refractivity contribution in [3.63, 3.8) is 0 Å². The van der Waals surface area contributed by atoms with Crippen LogP contribution in [-0.2, 0) is 10.0 Å². The number of nitrogens with zero attached hydrogens (tertiary/aromatic N) is 2. The number of phenolic OH excluding ortho intramolecular Hbond substituents is 1. The molecule has 1 fully saturated rings. The molecule has 0 unspecified atom stereocenters. The lowest BCUT2D eigenvalue weighted by Crippen LogP contribution is -2.25. The summed E-state index contributed by atoms with van der Waals surface area (Å²) in [6, 6.07) is 7.97. The summed E-state index contributed by atoms with van der Waals surface area (Å²) >= 11 is 8.58. The van der Waals surface area contributed by atoms with E-state index in [4.69, 9.17) is 11.6 Å². The average Bonchev–Trinajstić information content (AvgIpc) is 3.35. The number of phenols is 1. The Morgan fingerprint density at radius 1 is 1.28 bits per heavy atom. The van der Waals surface area contributed by atoms with E-state index in [0.717, 1.165) is 4.88 Å². The van der Waals surface area contributed by atoms with Crippen LogP contribution in [0, 0.1) is 6.92 Å². The molecule has 7 nitrogen and oxygen atoms in total. The number of carbonyl (C=O) groups is 1. The molecule has 2 N–H and O–H groups in total. The van der Waals surface area contributed by atoms with E-state index in [1.54, 1.807) is 13.0 Å². The van der Waals surface area contributed by atoms with Crippen molar-refractivity contribution in [2.24, 2.45) is 0 Å². The smallest absolute Gasteiger partial charge is 0.267 e. The Balaban J connectivity index is 1.60. The SMILES string of the molecule is Cc1nc(-c2ccc(Cl)s2)sc1C(=O)Nc1cc(N2CCCS2(=O)=O)ccc1O. The van der Waals surface area contributed by atoms with Crippen molar-refractivity contribution in [1.82, 2.24) is 4.98 Å². The van der Waals surface area contributed by atoms with Gasteiger partial charge in [0.05, 0.1) is 32.0 Å². The van der Waals surface area contributed by atoms with Crippen molar-refractivity contribution < 1.29 is 18.3 Å². The second-order valence-corrected chi connectivity index (χ2v) is 11.2. The van der Waals surface area contributed by atoms with Gasteiger partial charge in [-0.15, -0.1) is 22.7 Å². The fourth-order valence-electron chi connectivity index (χ4n) is 3.03. The van der Waals surface area contributed by atoms with Gasteiger partial charge >= 0.3 is 0 Å². The molecule has 1 aromatic carbocycles. The maximum atomic E-state index is 12.8. The lowest BCUT2D eigenvalue weighted by Gasteiger charge is -2.18. The number of benzene rings is 1. The molecule has 29 heavy (non-hydrogen) atoms. The van der Waals surface area contributed by atoms with E-state index in [1.807, 2.05) is 6.07 Å². The number of anilines is 2. The summed E-state index contributed by atoms with van der Waals surface area (Å²) in [5.74, 6) is -0.484. The minimum absolute atomic E-state index is 0.0884. The van der Waals surface area contributed by atoms with E-state index < -0.39 is 15.9 Å². The molecule has 1 aliphatic heterocycles. The summed E-state index contributed by atoms with van der Waals surface area (Å²) in [7, 11) is -3.36. The first-order chi connectivity index (χ1) is 13.7. The van der Waals surface area contributed by atoms with Crippen molar-refractivity contribution in [1.29, 1.82) is 0 Å². The van der Waals surface area contributed by atoms with Gasteiger partial charge < -0.3 is 10.4 Å². The molecule has 2 aromatic heterocycles. The largest absolute Gasteiger partial charge is 0.506 e. The number of sulfonamides is 1. The first-order valence-electron chi connectivity index (χ1n) is 8.62. The molecule has 11 heteroatoms. The Labute approximate surface area is 180 Å². The fraction of sp³-hybridized carbons (Fsp3) is 0.222. The fourth-order valence-corrected chi connectivity index (χ4v) is 6.65. The summed E-state index contributed by atoms with van der Waals surface area (Å²) in [6.07, 6.45) is 0.542. The van der Waals surface area contributed by atoms with Gasteiger partial charge in [0, 0.05) is 6.54 Å². The zero-order valence-electron chi connectivity index (χ0n) is 15.2. The second-order valence-electron chi connectivity index (χ2n) is 6.43. The van der Waals surface area contributed by atoms with Crippen LogP contribution in [0.15, 0.2) is 30.3 Å². The highest BCUT2D eigenvalue weighted by atomic mass is 35.5. The maximum Gasteiger partial charge on any atom is 0.267 e. The van der Waals surface area contributed by atoms with Crippen LogP contribution in [0.2, 0.25) is 4.34 Å². The molecule has 0 spiro atoms. The lowest BCUT2D eigenvalue weighted by molar-refractivity contribution is 0.102. The molecule has 1 saturated heterocycles. The van der Waals surface area contributed by atoms with Crippen molar-refractivity contribution in [3.8, 4) is 15.6 Å². The van der Waals surface area contributed by atoms with Crippen molar-refractivity contribution in [2.45, 2.75) is 13.3 Å². The van der Waals surface area contributed by atoms with Crippen LogP contribution in [0.5, 0.6) is 5.75 Å². The number of hydrogen-bond donors (Lipinski definition) is 2. The van der Waals surface area contributed by atoms with Gasteiger partial charge in [-0.25, -0.2) is 13.4 Å². The standard InChI is InChI=1S/C18H16ClN3O4S3/c1-10-16(28-18(20-10)14-5-6-15(19)27-14)17(24)21-12-9-11(3-4-13(12)23)22-7-2-8-29(22,25)26/h3-6,9,23H,2,7-8H2,1H3,(H,21,24). The second kappa shape index (κ2) is 7.60. The predicted molar refractivity (Wildman–Crippen MR) is 117 cm³/mol. The van der Waals surface area contributed by atoms with Crippen LogP contribution >= 0.6 is 34.3 Å². The van der Waals surface area contributed by atoms with Gasteiger partial charge in [-0.2, -0.15) is 0 Å². The van der Waals surface area contributed by atoms with Crippen LogP contribution in [0.3, 0.4) is 0 Å². The Bertz CT molecular complexity index is 1200. The third-order valence-electron chi connectivity index (χ3n) is 4.40. The molecule has 0 atom stereocenters. The number of hydrogen-bond acceptors (Lipinski definition) is 7. The molecule has 0 bridgehead atoms. The number of aromatic nitrogens is 1. The zero-order valence-corrected chi connectivity index (χ0v) is 18.4. The Morgan fingerprint density at radius 2 is 2.07 bits per heavy atom. The van der Waals surface area contributed by atoms with Crippen LogP contribution in [0.25, 0.3) is 9.88 Å². The normalized spacial score (nSPS) is 15.6. The zero-order chi connectivity index (χ0) is 20.8. The molecular weight excluding hydrogens is 454 g/mol. The first-order valence-corrected chi connectivity index (χ1v) is 12.2. The van der Waals surface area contributed by atoms with Gasteiger partial charge in [0.25, 0.3) is 5.91 Å². The number of thiophene rings is 1. The van der Waals surface area contributed by atoms with E-state index in [-0.39, 0.29) is 17.2 Å². The average molecular weight is 470 g/mol. The number of halogens is 1. The van der Waals surface area contributed by atoms with Gasteiger partial charge in [-0.05, 0) is 43.7 Å². The highest BCUT2D eigenvalue weighted by molar-refractivity contribution is 7.93. The minimum atomic E-state index is -3.36. The van der Waals surface area contributed by atoms with Crippen LogP contribution in [0.4, 0.5) is 11.4 Å². The number of thiazole rings is 1. The van der Waals surface area contributed by atoms with Gasteiger partial charge in [-0.3, -0.25) is 9.10 Å². The first kappa shape index (κ1) is 20.1. The third kappa shape index (κ3) is 3.97. The Kier molecular flexibility index (Phi) is 5.28. The van der Waals surface area contributed by atoms with Crippen molar-refractivity contribution >= 4 is 61.6 Å². The summed E-state index contributed by atoms with van der Waals surface area (Å²) in [4.78, 5) is 18.5. The number of aromatic hydroxyl groups is 1. The number of amides is 1. The van der Waals surface area contributed by atoms with Crippen molar-refractivity contribution in [3.05, 3.63) is 45.2 Å². The Hall–Kier alpha value is -2.14. The third-order valence-corrected chi connectivity index (χ3v) is 8.83. The number of aryl methyl sites for hydroxylation is 1. The van der Waals surface area contributed by atoms with Gasteiger partial charge in [0.15, 0.2) is 0 Å². The van der Waals surface area contributed by atoms with Crippen LogP contribution in [-0.4, -0.2) is 36.7 Å². The number of rotatable bonds is 4. The summed E-state index contributed by atoms with van der Waals surface area (Å²) in [5.41, 5.74) is 1.11. The minimum Gasteiger partial charge on any atom is -0.506 e. The molecular formula is C18H16ClN3O4S3. The molecule has 152 valence electrons. The summed E-state index contributed by atoms with van der Waals surface area (Å²) < 4.78 is 26.2. The molecule has 0 saturated carbocycles. The maximum absolute atomic E-state index is 12.8. The molecule has 0 radical (unpaired) electrons. The quantitative estimate of drug-likeness (QED) is 0.554. The summed E-state index contributed by atoms with van der Waals surface area (Å²) in [6.45, 7) is 2.11. The molecule has 3 aromatic rings. The molecule has 1 aliphatic rings. The number of nitrogens with one attached hydrogen (secondary N) is 1. The topological polar surface area (TPSA) is 99.6 Å². The van der Waals surface area contributed by atoms with E-state index in [9.17, 15) is 18.3 Å². The van der Waals surface area contributed by atoms with E-state index in [2.05, 4.69) is 10.3 Å². The van der Waals surface area contributed by atoms with Gasteiger partial charge in [0.1, 0.15) is 15.6 Å².